The number of benzene rings is 1. The van der Waals surface area contributed by atoms with Crippen molar-refractivity contribution in [3.05, 3.63) is 46.2 Å². The van der Waals surface area contributed by atoms with E-state index in [1.165, 1.54) is 11.3 Å². The molecule has 6 heteroatoms. The monoisotopic (exact) mass is 291 g/mol. The lowest BCUT2D eigenvalue weighted by molar-refractivity contribution is -0.139. The van der Waals surface area contributed by atoms with E-state index in [0.717, 1.165) is 4.88 Å². The van der Waals surface area contributed by atoms with Crippen LogP contribution in [0.25, 0.3) is 0 Å². The molecule has 1 heterocycles. The highest BCUT2D eigenvalue weighted by Gasteiger charge is 2.09. The molecule has 0 aliphatic carbocycles. The topological polar surface area (TPSA) is 75.6 Å². The summed E-state index contributed by atoms with van der Waals surface area (Å²) in [5, 5.41) is 11.3. The molecule has 0 unspecified atom stereocenters. The Morgan fingerprint density at radius 3 is 2.75 bits per heavy atom. The molecule has 1 aromatic carbocycles. The maximum atomic E-state index is 12.0. The highest BCUT2D eigenvalue weighted by atomic mass is 32.1. The van der Waals surface area contributed by atoms with Crippen molar-refractivity contribution in [2.75, 3.05) is 11.9 Å². The molecule has 0 atom stereocenters. The Morgan fingerprint density at radius 1 is 1.30 bits per heavy atom. The summed E-state index contributed by atoms with van der Waals surface area (Å²) in [7, 11) is 0. The zero-order chi connectivity index (χ0) is 14.5. The van der Waals surface area contributed by atoms with E-state index in [2.05, 4.69) is 5.32 Å². The highest BCUT2D eigenvalue weighted by Crippen LogP contribution is 2.20. The van der Waals surface area contributed by atoms with Gasteiger partial charge in [0.1, 0.15) is 5.75 Å². The first-order chi connectivity index (χ1) is 9.54. The van der Waals surface area contributed by atoms with Crippen molar-refractivity contribution < 1.29 is 19.4 Å². The standard InChI is InChI=1S/C14H13NO4S/c1-9-5-6-12(20-9)14(18)15-10-3-2-4-11(7-10)19-8-13(16)17/h2-7H,8H2,1H3,(H,15,18)(H,16,17). The van der Waals surface area contributed by atoms with E-state index in [9.17, 15) is 9.59 Å². The summed E-state index contributed by atoms with van der Waals surface area (Å²) in [6.07, 6.45) is 0. The molecule has 104 valence electrons. The van der Waals surface area contributed by atoms with Crippen molar-refractivity contribution >= 4 is 28.9 Å². The van der Waals surface area contributed by atoms with E-state index in [0.29, 0.717) is 16.3 Å². The van der Waals surface area contributed by atoms with Crippen LogP contribution in [-0.2, 0) is 4.79 Å². The number of carbonyl (C=O) groups excluding carboxylic acids is 1. The predicted octanol–water partition coefficient (Wildman–Crippen LogP) is 2.77. The third-order valence-corrected chi connectivity index (χ3v) is 3.42. The van der Waals surface area contributed by atoms with E-state index in [1.54, 1.807) is 30.3 Å². The minimum absolute atomic E-state index is 0.196. The van der Waals surface area contributed by atoms with Crippen molar-refractivity contribution in [2.45, 2.75) is 6.92 Å². The molecule has 1 aromatic heterocycles. The van der Waals surface area contributed by atoms with E-state index >= 15 is 0 Å². The lowest BCUT2D eigenvalue weighted by Crippen LogP contribution is -2.11. The summed E-state index contributed by atoms with van der Waals surface area (Å²) in [4.78, 5) is 24.1. The normalized spacial score (nSPS) is 10.1. The molecule has 0 aliphatic heterocycles. The van der Waals surface area contributed by atoms with Crippen LogP contribution in [0.2, 0.25) is 0 Å². The molecule has 0 saturated carbocycles. The Balaban J connectivity index is 2.04. The van der Waals surface area contributed by atoms with Crippen LogP contribution < -0.4 is 10.1 Å². The summed E-state index contributed by atoms with van der Waals surface area (Å²) in [5.74, 6) is -0.848. The zero-order valence-corrected chi connectivity index (χ0v) is 11.6. The van der Waals surface area contributed by atoms with Crippen LogP contribution in [0.4, 0.5) is 5.69 Å². The fraction of sp³-hybridized carbons (Fsp3) is 0.143. The van der Waals surface area contributed by atoms with E-state index in [1.807, 2.05) is 13.0 Å². The van der Waals surface area contributed by atoms with Gasteiger partial charge in [0.25, 0.3) is 5.91 Å². The quantitative estimate of drug-likeness (QED) is 0.888. The molecule has 2 rings (SSSR count). The van der Waals surface area contributed by atoms with Gasteiger partial charge < -0.3 is 15.2 Å². The van der Waals surface area contributed by atoms with Crippen LogP contribution in [-0.4, -0.2) is 23.6 Å². The fourth-order valence-corrected chi connectivity index (χ4v) is 2.32. The van der Waals surface area contributed by atoms with Crippen LogP contribution in [0.3, 0.4) is 0 Å². The number of hydrogen-bond donors (Lipinski definition) is 2. The smallest absolute Gasteiger partial charge is 0.341 e. The Morgan fingerprint density at radius 2 is 2.10 bits per heavy atom. The SMILES string of the molecule is Cc1ccc(C(=O)Nc2cccc(OCC(=O)O)c2)s1. The molecule has 5 nitrogen and oxygen atoms in total. The molecule has 0 saturated heterocycles. The number of thiophene rings is 1. The Hall–Kier alpha value is -2.34. The van der Waals surface area contributed by atoms with Crippen LogP contribution in [0.1, 0.15) is 14.5 Å². The van der Waals surface area contributed by atoms with E-state index < -0.39 is 12.6 Å². The third kappa shape index (κ3) is 3.83. The van der Waals surface area contributed by atoms with Gasteiger partial charge in [-0.1, -0.05) is 6.07 Å². The maximum Gasteiger partial charge on any atom is 0.341 e. The van der Waals surface area contributed by atoms with Crippen molar-refractivity contribution in [2.24, 2.45) is 0 Å². The summed E-state index contributed by atoms with van der Waals surface area (Å²) in [6, 6.07) is 10.3. The number of carboxylic acid groups (broad SMARTS) is 1. The predicted molar refractivity (Wildman–Crippen MR) is 76.6 cm³/mol. The lowest BCUT2D eigenvalue weighted by Gasteiger charge is -2.07. The van der Waals surface area contributed by atoms with Crippen LogP contribution in [0, 0.1) is 6.92 Å². The summed E-state index contributed by atoms with van der Waals surface area (Å²) in [6.45, 7) is 1.52. The number of ether oxygens (including phenoxy) is 1. The number of anilines is 1. The van der Waals surface area contributed by atoms with Gasteiger partial charge in [0, 0.05) is 16.6 Å². The van der Waals surface area contributed by atoms with Gasteiger partial charge in [-0.05, 0) is 31.2 Å². The Kier molecular flexibility index (Phi) is 4.37. The summed E-state index contributed by atoms with van der Waals surface area (Å²) >= 11 is 1.41. The van der Waals surface area contributed by atoms with Gasteiger partial charge in [-0.15, -0.1) is 11.3 Å². The Bertz CT molecular complexity index is 636. The van der Waals surface area contributed by atoms with Gasteiger partial charge in [-0.2, -0.15) is 0 Å². The minimum atomic E-state index is -1.05. The average molecular weight is 291 g/mol. The molecule has 1 amide bonds. The molecule has 0 bridgehead atoms. The van der Waals surface area contributed by atoms with Crippen molar-refractivity contribution in [1.82, 2.24) is 0 Å². The van der Waals surface area contributed by atoms with Crippen LogP contribution >= 0.6 is 11.3 Å². The van der Waals surface area contributed by atoms with Gasteiger partial charge in [-0.25, -0.2) is 4.79 Å². The fourth-order valence-electron chi connectivity index (χ4n) is 1.56. The van der Waals surface area contributed by atoms with Gasteiger partial charge in [0.05, 0.1) is 4.88 Å². The molecule has 0 radical (unpaired) electrons. The largest absolute Gasteiger partial charge is 0.482 e. The van der Waals surface area contributed by atoms with Gasteiger partial charge in [-0.3, -0.25) is 4.79 Å². The van der Waals surface area contributed by atoms with Gasteiger partial charge in [0.15, 0.2) is 6.61 Å². The first-order valence-corrected chi connectivity index (χ1v) is 6.69. The number of aliphatic carboxylic acids is 1. The number of carbonyl (C=O) groups is 2. The average Bonchev–Trinajstić information content (AvgIpc) is 2.84. The number of nitrogens with one attached hydrogen (secondary N) is 1. The highest BCUT2D eigenvalue weighted by molar-refractivity contribution is 7.14. The van der Waals surface area contributed by atoms with Crippen molar-refractivity contribution in [3.63, 3.8) is 0 Å². The minimum Gasteiger partial charge on any atom is -0.482 e. The molecular formula is C14H13NO4S. The Labute approximate surface area is 119 Å². The third-order valence-electron chi connectivity index (χ3n) is 2.42. The molecular weight excluding hydrogens is 278 g/mol. The number of rotatable bonds is 5. The molecule has 2 N–H and O–H groups in total. The second-order valence-electron chi connectivity index (χ2n) is 4.07. The number of aryl methyl sites for hydroxylation is 1. The second-order valence-corrected chi connectivity index (χ2v) is 5.36. The number of carboxylic acids is 1. The maximum absolute atomic E-state index is 12.0. The summed E-state index contributed by atoms with van der Waals surface area (Å²) < 4.78 is 5.05. The number of amides is 1. The van der Waals surface area contributed by atoms with Gasteiger partial charge >= 0.3 is 5.97 Å². The first-order valence-electron chi connectivity index (χ1n) is 5.87. The van der Waals surface area contributed by atoms with Gasteiger partial charge in [0.2, 0.25) is 0 Å². The molecule has 0 aliphatic rings. The van der Waals surface area contributed by atoms with Crippen LogP contribution in [0.5, 0.6) is 5.75 Å². The second kappa shape index (κ2) is 6.21. The molecule has 0 fully saturated rings. The summed E-state index contributed by atoms with van der Waals surface area (Å²) in [5.41, 5.74) is 0.559. The zero-order valence-electron chi connectivity index (χ0n) is 10.8. The van der Waals surface area contributed by atoms with Crippen molar-refractivity contribution in [1.29, 1.82) is 0 Å². The number of hydrogen-bond acceptors (Lipinski definition) is 4. The molecule has 20 heavy (non-hydrogen) atoms. The lowest BCUT2D eigenvalue weighted by atomic mass is 10.3. The van der Waals surface area contributed by atoms with Crippen LogP contribution in [0.15, 0.2) is 36.4 Å². The molecule has 2 aromatic rings. The molecule has 0 spiro atoms. The van der Waals surface area contributed by atoms with E-state index in [4.69, 9.17) is 9.84 Å². The van der Waals surface area contributed by atoms with E-state index in [-0.39, 0.29) is 5.91 Å². The van der Waals surface area contributed by atoms with Crippen molar-refractivity contribution in [3.8, 4) is 5.75 Å². The first kappa shape index (κ1) is 14.1.